The van der Waals surface area contributed by atoms with E-state index >= 15 is 0 Å². The lowest BCUT2D eigenvalue weighted by Gasteiger charge is -2.25. The van der Waals surface area contributed by atoms with Crippen LogP contribution in [0.5, 0.6) is 0 Å². The van der Waals surface area contributed by atoms with E-state index in [1.54, 1.807) is 25.1 Å². The Morgan fingerprint density at radius 3 is 2.20 bits per heavy atom. The Morgan fingerprint density at radius 2 is 1.60 bits per heavy atom. The summed E-state index contributed by atoms with van der Waals surface area (Å²) in [6.45, 7) is 7.59. The molecule has 0 aliphatic rings. The highest BCUT2D eigenvalue weighted by atomic mass is 35.5. The summed E-state index contributed by atoms with van der Waals surface area (Å²) >= 11 is 12.3. The lowest BCUT2D eigenvalue weighted by atomic mass is 9.94. The van der Waals surface area contributed by atoms with Crippen molar-refractivity contribution in [2.45, 2.75) is 33.2 Å². The first-order valence-corrected chi connectivity index (χ1v) is 8.73. The van der Waals surface area contributed by atoms with Crippen molar-refractivity contribution >= 4 is 23.2 Å². The number of nitrogens with zero attached hydrogens (tertiary/aromatic N) is 1. The van der Waals surface area contributed by atoms with Crippen LogP contribution in [0.25, 0.3) is 11.1 Å². The first kappa shape index (κ1) is 17.8. The maximum atomic E-state index is 13.1. The minimum atomic E-state index is -0.739. The predicted molar refractivity (Wildman–Crippen MR) is 103 cm³/mol. The van der Waals surface area contributed by atoms with Gasteiger partial charge >= 0.3 is 0 Å². The largest absolute Gasteiger partial charge is 0.380 e. The summed E-state index contributed by atoms with van der Waals surface area (Å²) in [5, 5.41) is 1.04. The zero-order valence-electron chi connectivity index (χ0n) is 14.6. The Labute approximate surface area is 156 Å². The van der Waals surface area contributed by atoms with Gasteiger partial charge in [0.1, 0.15) is 11.3 Å². The van der Waals surface area contributed by atoms with Crippen LogP contribution in [-0.4, -0.2) is 4.74 Å². The predicted octanol–water partition coefficient (Wildman–Crippen LogP) is 5.82. The molecule has 0 atom stereocenters. The van der Waals surface area contributed by atoms with Crippen LogP contribution in [0.4, 0.5) is 0 Å². The molecule has 0 amide bonds. The molecule has 3 rings (SSSR count). The van der Waals surface area contributed by atoms with Crippen molar-refractivity contribution in [1.29, 1.82) is 0 Å². The molecule has 25 heavy (non-hydrogen) atoms. The van der Waals surface area contributed by atoms with E-state index in [1.165, 1.54) is 4.74 Å². The number of hydrogen-bond donors (Lipinski definition) is 0. The summed E-state index contributed by atoms with van der Waals surface area (Å²) < 4.78 is 7.27. The van der Waals surface area contributed by atoms with Crippen molar-refractivity contribution in [3.05, 3.63) is 79.8 Å². The molecule has 0 saturated heterocycles. The first-order valence-electron chi connectivity index (χ1n) is 7.98. The highest BCUT2D eigenvalue weighted by Gasteiger charge is 2.31. The number of hydrogen-bond acceptors (Lipinski definition) is 2. The third kappa shape index (κ3) is 3.14. The van der Waals surface area contributed by atoms with Crippen LogP contribution in [0.3, 0.4) is 0 Å². The minimum absolute atomic E-state index is 0.173. The Bertz CT molecular complexity index is 979. The van der Waals surface area contributed by atoms with E-state index in [4.69, 9.17) is 27.7 Å². The van der Waals surface area contributed by atoms with Crippen molar-refractivity contribution in [3.8, 4) is 11.1 Å². The van der Waals surface area contributed by atoms with E-state index in [1.807, 2.05) is 45.0 Å². The van der Waals surface area contributed by atoms with Gasteiger partial charge < -0.3 is 4.52 Å². The standard InChI is InChI=1S/C20H19Cl2NO2/c1-12-7-5-6-8-17(12)18-13(2)25-23(19(18)24)20(3,4)14-9-15(21)11-16(22)10-14/h5-11H,1-4H3. The summed E-state index contributed by atoms with van der Waals surface area (Å²) in [4.78, 5) is 13.1. The summed E-state index contributed by atoms with van der Waals surface area (Å²) in [5.41, 5.74) is 2.38. The molecular formula is C20H19Cl2NO2. The molecule has 3 aromatic rings. The average molecular weight is 376 g/mol. The lowest BCUT2D eigenvalue weighted by Crippen LogP contribution is -2.35. The monoisotopic (exact) mass is 375 g/mol. The zero-order chi connectivity index (χ0) is 18.4. The van der Waals surface area contributed by atoms with E-state index in [2.05, 4.69) is 0 Å². The van der Waals surface area contributed by atoms with Gasteiger partial charge in [-0.3, -0.25) is 4.79 Å². The molecule has 1 aromatic heterocycles. The van der Waals surface area contributed by atoms with Crippen molar-refractivity contribution in [1.82, 2.24) is 4.74 Å². The first-order chi connectivity index (χ1) is 11.7. The number of aryl methyl sites for hydroxylation is 2. The van der Waals surface area contributed by atoms with E-state index < -0.39 is 5.54 Å². The maximum Gasteiger partial charge on any atom is 0.291 e. The average Bonchev–Trinajstić information content (AvgIpc) is 2.83. The summed E-state index contributed by atoms with van der Waals surface area (Å²) in [5.74, 6) is 0.584. The normalized spacial score (nSPS) is 11.8. The van der Waals surface area contributed by atoms with Crippen molar-refractivity contribution < 1.29 is 4.52 Å². The van der Waals surface area contributed by atoms with Crippen LogP contribution in [-0.2, 0) is 5.54 Å². The third-order valence-electron chi connectivity index (χ3n) is 4.47. The molecule has 0 bridgehead atoms. The highest BCUT2D eigenvalue weighted by molar-refractivity contribution is 6.34. The van der Waals surface area contributed by atoms with Gasteiger partial charge in [-0.2, -0.15) is 4.74 Å². The van der Waals surface area contributed by atoms with Crippen LogP contribution >= 0.6 is 23.2 Å². The molecule has 0 aliphatic heterocycles. The third-order valence-corrected chi connectivity index (χ3v) is 4.91. The fraction of sp³-hybridized carbons (Fsp3) is 0.250. The summed E-state index contributed by atoms with van der Waals surface area (Å²) in [6, 6.07) is 13.0. The van der Waals surface area contributed by atoms with Crippen LogP contribution in [0.1, 0.15) is 30.7 Å². The molecule has 130 valence electrons. The molecule has 0 unspecified atom stereocenters. The Hall–Kier alpha value is -1.97. The highest BCUT2D eigenvalue weighted by Crippen LogP contribution is 2.32. The molecular weight excluding hydrogens is 357 g/mol. The van der Waals surface area contributed by atoms with E-state index in [0.29, 0.717) is 21.4 Å². The summed E-state index contributed by atoms with van der Waals surface area (Å²) in [7, 11) is 0. The topological polar surface area (TPSA) is 35.1 Å². The number of rotatable bonds is 3. The molecule has 2 aromatic carbocycles. The second-order valence-electron chi connectivity index (χ2n) is 6.65. The van der Waals surface area contributed by atoms with Gasteiger partial charge in [-0.05, 0) is 62.6 Å². The molecule has 0 N–H and O–H groups in total. The van der Waals surface area contributed by atoms with Gasteiger partial charge in [0, 0.05) is 10.0 Å². The van der Waals surface area contributed by atoms with Gasteiger partial charge in [0.2, 0.25) is 0 Å². The van der Waals surface area contributed by atoms with Gasteiger partial charge in [0.05, 0.1) is 5.56 Å². The van der Waals surface area contributed by atoms with Gasteiger partial charge in [0.15, 0.2) is 0 Å². The fourth-order valence-corrected chi connectivity index (χ4v) is 3.55. The second-order valence-corrected chi connectivity index (χ2v) is 7.53. The second kappa shape index (κ2) is 6.40. The molecule has 3 nitrogen and oxygen atoms in total. The lowest BCUT2D eigenvalue weighted by molar-refractivity contribution is 0.166. The van der Waals surface area contributed by atoms with Gasteiger partial charge in [-0.15, -0.1) is 0 Å². The molecule has 0 radical (unpaired) electrons. The molecule has 0 saturated carbocycles. The van der Waals surface area contributed by atoms with Gasteiger partial charge in [-0.1, -0.05) is 47.5 Å². The SMILES string of the molecule is Cc1ccccc1-c1c(C)on(C(C)(C)c2cc(Cl)cc(Cl)c2)c1=O. The quantitative estimate of drug-likeness (QED) is 0.578. The number of benzene rings is 2. The Balaban J connectivity index is 2.21. The molecule has 0 aliphatic carbocycles. The fourth-order valence-electron chi connectivity index (χ4n) is 3.03. The molecule has 5 heteroatoms. The van der Waals surface area contributed by atoms with Crippen LogP contribution in [0.15, 0.2) is 51.8 Å². The van der Waals surface area contributed by atoms with E-state index in [0.717, 1.165) is 16.7 Å². The van der Waals surface area contributed by atoms with Crippen molar-refractivity contribution in [3.63, 3.8) is 0 Å². The van der Waals surface area contributed by atoms with Gasteiger partial charge in [-0.25, -0.2) is 0 Å². The number of aromatic nitrogens is 1. The van der Waals surface area contributed by atoms with Crippen LogP contribution in [0.2, 0.25) is 10.0 Å². The van der Waals surface area contributed by atoms with Crippen LogP contribution in [0, 0.1) is 13.8 Å². The van der Waals surface area contributed by atoms with Crippen LogP contribution < -0.4 is 5.56 Å². The van der Waals surface area contributed by atoms with E-state index in [-0.39, 0.29) is 5.56 Å². The maximum absolute atomic E-state index is 13.1. The minimum Gasteiger partial charge on any atom is -0.380 e. The van der Waals surface area contributed by atoms with Crippen molar-refractivity contribution in [2.24, 2.45) is 0 Å². The molecule has 1 heterocycles. The smallest absolute Gasteiger partial charge is 0.291 e. The number of halogens is 2. The Morgan fingerprint density at radius 1 is 1.00 bits per heavy atom. The summed E-state index contributed by atoms with van der Waals surface area (Å²) in [6.07, 6.45) is 0. The zero-order valence-corrected chi connectivity index (χ0v) is 16.1. The molecule has 0 spiro atoms. The van der Waals surface area contributed by atoms with Gasteiger partial charge in [0.25, 0.3) is 5.56 Å². The Kier molecular flexibility index (Phi) is 4.56. The van der Waals surface area contributed by atoms with E-state index in [9.17, 15) is 4.79 Å². The molecule has 0 fully saturated rings. The van der Waals surface area contributed by atoms with Crippen molar-refractivity contribution in [2.75, 3.05) is 0 Å².